The van der Waals surface area contributed by atoms with Gasteiger partial charge in [0.15, 0.2) is 5.78 Å². The highest BCUT2D eigenvalue weighted by molar-refractivity contribution is 6.32. The fourth-order valence-corrected chi connectivity index (χ4v) is 2.82. The van der Waals surface area contributed by atoms with Crippen molar-refractivity contribution in [3.05, 3.63) is 22.2 Å². The minimum atomic E-state index is -0.170. The van der Waals surface area contributed by atoms with E-state index in [9.17, 15) is 15.0 Å². The number of aromatic hydroxyl groups is 2. The van der Waals surface area contributed by atoms with Gasteiger partial charge in [0.25, 0.3) is 0 Å². The third-order valence-electron chi connectivity index (χ3n) is 4.13. The molecule has 0 fully saturated rings. The molecule has 1 aromatic rings. The van der Waals surface area contributed by atoms with Gasteiger partial charge < -0.3 is 10.2 Å². The van der Waals surface area contributed by atoms with Gasteiger partial charge in [-0.2, -0.15) is 0 Å². The Balaban J connectivity index is 2.85. The van der Waals surface area contributed by atoms with Crippen molar-refractivity contribution in [2.45, 2.75) is 65.7 Å². The lowest BCUT2D eigenvalue weighted by atomic mass is 9.93. The largest absolute Gasteiger partial charge is 0.507 e. The third kappa shape index (κ3) is 4.91. The maximum atomic E-state index is 11.9. The highest BCUT2D eigenvalue weighted by Crippen LogP contribution is 2.39. The van der Waals surface area contributed by atoms with E-state index < -0.39 is 0 Å². The first-order valence-electron chi connectivity index (χ1n) is 8.18. The predicted molar refractivity (Wildman–Crippen MR) is 91.0 cm³/mol. The number of carbonyl (C=O) groups excluding carboxylic acids is 1. The number of unbranched alkanes of at least 4 members (excludes halogenated alkanes) is 2. The van der Waals surface area contributed by atoms with Crippen LogP contribution >= 0.6 is 11.6 Å². The molecule has 1 aromatic carbocycles. The van der Waals surface area contributed by atoms with Crippen LogP contribution in [0.5, 0.6) is 11.5 Å². The second-order valence-electron chi connectivity index (χ2n) is 6.00. The van der Waals surface area contributed by atoms with E-state index in [1.54, 1.807) is 6.92 Å². The number of halogens is 1. The Bertz CT molecular complexity index is 512. The molecular weight excluding hydrogens is 300 g/mol. The van der Waals surface area contributed by atoms with E-state index in [-0.39, 0.29) is 27.9 Å². The van der Waals surface area contributed by atoms with Crippen molar-refractivity contribution in [3.63, 3.8) is 0 Å². The molecule has 0 spiro atoms. The van der Waals surface area contributed by atoms with Gasteiger partial charge in [-0.1, -0.05) is 58.1 Å². The van der Waals surface area contributed by atoms with Crippen molar-refractivity contribution in [2.75, 3.05) is 0 Å². The maximum absolute atomic E-state index is 11.9. The molecule has 0 aliphatic carbocycles. The van der Waals surface area contributed by atoms with E-state index in [1.165, 1.54) is 25.3 Å². The summed E-state index contributed by atoms with van der Waals surface area (Å²) in [5, 5.41) is 20.5. The van der Waals surface area contributed by atoms with Gasteiger partial charge in [-0.3, -0.25) is 4.79 Å². The van der Waals surface area contributed by atoms with Crippen LogP contribution in [-0.2, 0) is 6.42 Å². The highest BCUT2D eigenvalue weighted by atomic mass is 35.5. The third-order valence-corrected chi connectivity index (χ3v) is 4.42. The van der Waals surface area contributed by atoms with Crippen molar-refractivity contribution in [3.8, 4) is 11.5 Å². The van der Waals surface area contributed by atoms with Crippen LogP contribution in [0.2, 0.25) is 5.02 Å². The molecule has 0 amide bonds. The van der Waals surface area contributed by atoms with Crippen molar-refractivity contribution >= 4 is 17.4 Å². The maximum Gasteiger partial charge on any atom is 0.166 e. The van der Waals surface area contributed by atoms with Gasteiger partial charge in [0.2, 0.25) is 0 Å². The van der Waals surface area contributed by atoms with Crippen LogP contribution in [0.3, 0.4) is 0 Å². The fourth-order valence-electron chi connectivity index (χ4n) is 2.60. The summed E-state index contributed by atoms with van der Waals surface area (Å²) in [4.78, 5) is 11.9. The number of hydrogen-bond acceptors (Lipinski definition) is 3. The molecule has 1 rings (SSSR count). The molecule has 2 N–H and O–H groups in total. The van der Waals surface area contributed by atoms with E-state index in [2.05, 4.69) is 13.8 Å². The standard InChI is InChI=1S/C18H27ClO3/c1-4-6-7-8-12(3)9-10-13-17(21)14(16(20)5-2)11-15(19)18(13)22/h11-12,21-22H,4-10H2,1-3H3. The number of phenols is 2. The predicted octanol–water partition coefficient (Wildman–Crippen LogP) is 5.49. The molecule has 0 bridgehead atoms. The Morgan fingerprint density at radius 3 is 2.45 bits per heavy atom. The van der Waals surface area contributed by atoms with Crippen LogP contribution in [0, 0.1) is 5.92 Å². The average Bonchev–Trinajstić information content (AvgIpc) is 2.50. The molecule has 0 saturated carbocycles. The molecule has 124 valence electrons. The van der Waals surface area contributed by atoms with Gasteiger partial charge >= 0.3 is 0 Å². The number of ketones is 1. The Morgan fingerprint density at radius 1 is 1.18 bits per heavy atom. The molecule has 22 heavy (non-hydrogen) atoms. The molecule has 4 heteroatoms. The van der Waals surface area contributed by atoms with Gasteiger partial charge in [-0.05, 0) is 24.8 Å². The summed E-state index contributed by atoms with van der Waals surface area (Å²) in [5.74, 6) is 0.119. The SMILES string of the molecule is CCCCCC(C)CCc1c(O)c(Cl)cc(C(=O)CC)c1O. The van der Waals surface area contributed by atoms with Gasteiger partial charge in [-0.15, -0.1) is 0 Å². The molecular formula is C18H27ClO3. The van der Waals surface area contributed by atoms with Gasteiger partial charge in [0, 0.05) is 12.0 Å². The molecule has 0 radical (unpaired) electrons. The van der Waals surface area contributed by atoms with E-state index in [0.717, 1.165) is 12.8 Å². The summed E-state index contributed by atoms with van der Waals surface area (Å²) in [7, 11) is 0. The molecule has 0 saturated heterocycles. The van der Waals surface area contributed by atoms with Crippen molar-refractivity contribution in [1.29, 1.82) is 0 Å². The Morgan fingerprint density at radius 2 is 1.86 bits per heavy atom. The lowest BCUT2D eigenvalue weighted by Gasteiger charge is -2.15. The Kier molecular flexibility index (Phi) is 7.74. The van der Waals surface area contributed by atoms with Crippen LogP contribution in [0.4, 0.5) is 0 Å². The Labute approximate surface area is 138 Å². The molecule has 1 unspecified atom stereocenters. The molecule has 0 aliphatic heterocycles. The summed E-state index contributed by atoms with van der Waals surface area (Å²) >= 11 is 6.00. The zero-order valence-corrected chi connectivity index (χ0v) is 14.5. The number of benzene rings is 1. The lowest BCUT2D eigenvalue weighted by Crippen LogP contribution is -2.03. The fraction of sp³-hybridized carbons (Fsp3) is 0.611. The lowest BCUT2D eigenvalue weighted by molar-refractivity contribution is 0.0985. The number of phenolic OH excluding ortho intramolecular Hbond substituents is 2. The quantitative estimate of drug-likeness (QED) is 0.466. The minimum absolute atomic E-state index is 0.104. The smallest absolute Gasteiger partial charge is 0.166 e. The first kappa shape index (κ1) is 18.8. The normalized spacial score (nSPS) is 12.4. The van der Waals surface area contributed by atoms with Crippen LogP contribution < -0.4 is 0 Å². The van der Waals surface area contributed by atoms with E-state index >= 15 is 0 Å². The van der Waals surface area contributed by atoms with Crippen LogP contribution in [0.25, 0.3) is 0 Å². The van der Waals surface area contributed by atoms with Crippen molar-refractivity contribution in [2.24, 2.45) is 5.92 Å². The zero-order valence-electron chi connectivity index (χ0n) is 13.8. The van der Waals surface area contributed by atoms with Gasteiger partial charge in [0.1, 0.15) is 11.5 Å². The highest BCUT2D eigenvalue weighted by Gasteiger charge is 2.20. The van der Waals surface area contributed by atoms with Crippen molar-refractivity contribution < 1.29 is 15.0 Å². The average molecular weight is 327 g/mol. The first-order valence-corrected chi connectivity index (χ1v) is 8.56. The summed E-state index contributed by atoms with van der Waals surface area (Å²) in [5.41, 5.74) is 0.602. The van der Waals surface area contributed by atoms with Crippen LogP contribution in [0.1, 0.15) is 75.2 Å². The molecule has 0 aliphatic rings. The van der Waals surface area contributed by atoms with Crippen LogP contribution in [0.15, 0.2) is 6.07 Å². The minimum Gasteiger partial charge on any atom is -0.507 e. The van der Waals surface area contributed by atoms with Gasteiger partial charge in [-0.25, -0.2) is 0 Å². The number of hydrogen-bond donors (Lipinski definition) is 2. The Hall–Kier alpha value is -1.22. The summed E-state index contributed by atoms with van der Waals surface area (Å²) in [6.07, 6.45) is 6.43. The molecule has 0 heterocycles. The molecule has 3 nitrogen and oxygen atoms in total. The second kappa shape index (κ2) is 9.04. The van der Waals surface area contributed by atoms with E-state index in [4.69, 9.17) is 11.6 Å². The number of carbonyl (C=O) groups is 1. The van der Waals surface area contributed by atoms with E-state index in [0.29, 0.717) is 24.3 Å². The summed E-state index contributed by atoms with van der Waals surface area (Å²) in [6.45, 7) is 6.09. The molecule has 1 atom stereocenters. The van der Waals surface area contributed by atoms with Gasteiger partial charge in [0.05, 0.1) is 10.6 Å². The monoisotopic (exact) mass is 326 g/mol. The second-order valence-corrected chi connectivity index (χ2v) is 6.41. The number of Topliss-reactive ketones (excluding diaryl/α,β-unsaturated/α-hetero) is 1. The topological polar surface area (TPSA) is 57.5 Å². The van der Waals surface area contributed by atoms with E-state index in [1.807, 2.05) is 0 Å². The first-order chi connectivity index (χ1) is 10.4. The number of rotatable bonds is 9. The molecule has 0 aromatic heterocycles. The summed E-state index contributed by atoms with van der Waals surface area (Å²) in [6, 6.07) is 1.35. The zero-order chi connectivity index (χ0) is 16.7. The summed E-state index contributed by atoms with van der Waals surface area (Å²) < 4.78 is 0. The van der Waals surface area contributed by atoms with Crippen molar-refractivity contribution in [1.82, 2.24) is 0 Å². The van der Waals surface area contributed by atoms with Crippen LogP contribution in [-0.4, -0.2) is 16.0 Å².